The molecule has 5 nitrogen and oxygen atoms in total. The number of esters is 1. The van der Waals surface area contributed by atoms with Crippen LogP contribution in [0.2, 0.25) is 0 Å². The van der Waals surface area contributed by atoms with E-state index in [1.807, 2.05) is 14.0 Å². The number of benzene rings is 1. The number of aromatic nitrogens is 2. The van der Waals surface area contributed by atoms with Crippen LogP contribution in [0.25, 0.3) is 11.0 Å². The third-order valence-electron chi connectivity index (χ3n) is 4.13. The van der Waals surface area contributed by atoms with E-state index in [1.54, 1.807) is 0 Å². The maximum Gasteiger partial charge on any atom is 0.305 e. The predicted molar refractivity (Wildman–Crippen MR) is 102 cm³/mol. The van der Waals surface area contributed by atoms with Gasteiger partial charge in [0.1, 0.15) is 5.82 Å². The van der Waals surface area contributed by atoms with Crippen molar-refractivity contribution >= 4 is 40.2 Å². The summed E-state index contributed by atoms with van der Waals surface area (Å²) in [6.45, 7) is 2.95. The van der Waals surface area contributed by atoms with Crippen LogP contribution in [-0.4, -0.2) is 40.4 Å². The lowest BCUT2D eigenvalue weighted by molar-refractivity contribution is -0.143. The number of nitrogens with zero attached hydrogens (tertiary/aromatic N) is 2. The Labute approximate surface area is 158 Å². The standard InChI is InChI=1S/C18H25Cl2N3O2/c1-3-25-18(24)6-4-5-17-22-14-11-13(7-8-16(14)23(17)2)15(12-20)21-10-9-19/h7-8,11,15,21H,3-6,9-10,12H2,1-2H3. The SMILES string of the molecule is CCOC(=O)CCCc1nc2cc(C(CCl)NCCCl)ccc2n1C. The molecule has 0 saturated carbocycles. The van der Waals surface area contributed by atoms with Crippen molar-refractivity contribution in [1.29, 1.82) is 0 Å². The van der Waals surface area contributed by atoms with Crippen LogP contribution in [0.4, 0.5) is 0 Å². The van der Waals surface area contributed by atoms with Gasteiger partial charge in [0.25, 0.3) is 0 Å². The van der Waals surface area contributed by atoms with Crippen LogP contribution in [0, 0.1) is 0 Å². The second-order valence-corrected chi connectivity index (χ2v) is 6.53. The normalized spacial score (nSPS) is 12.5. The number of imidazole rings is 1. The fourth-order valence-corrected chi connectivity index (χ4v) is 3.22. The molecule has 1 atom stereocenters. The molecule has 138 valence electrons. The highest BCUT2D eigenvalue weighted by atomic mass is 35.5. The summed E-state index contributed by atoms with van der Waals surface area (Å²) in [5.74, 6) is 1.83. The Kier molecular flexibility index (Phi) is 8.00. The quantitative estimate of drug-likeness (QED) is 0.501. The fourth-order valence-electron chi connectivity index (χ4n) is 2.82. The van der Waals surface area contributed by atoms with E-state index < -0.39 is 0 Å². The average molecular weight is 386 g/mol. The predicted octanol–water partition coefficient (Wildman–Crippen LogP) is 3.57. The molecule has 0 saturated heterocycles. The highest BCUT2D eigenvalue weighted by molar-refractivity contribution is 6.18. The topological polar surface area (TPSA) is 56.1 Å². The highest BCUT2D eigenvalue weighted by Crippen LogP contribution is 2.22. The lowest BCUT2D eigenvalue weighted by Crippen LogP contribution is -2.24. The van der Waals surface area contributed by atoms with E-state index in [4.69, 9.17) is 32.9 Å². The van der Waals surface area contributed by atoms with Crippen molar-refractivity contribution in [2.24, 2.45) is 7.05 Å². The summed E-state index contributed by atoms with van der Waals surface area (Å²) in [5.41, 5.74) is 3.11. The number of aryl methyl sites for hydroxylation is 2. The maximum absolute atomic E-state index is 11.5. The molecular weight excluding hydrogens is 361 g/mol. The van der Waals surface area contributed by atoms with Gasteiger partial charge >= 0.3 is 5.97 Å². The van der Waals surface area contributed by atoms with E-state index in [9.17, 15) is 4.79 Å². The summed E-state index contributed by atoms with van der Waals surface area (Å²) in [6, 6.07) is 6.26. The Balaban J connectivity index is 2.10. The highest BCUT2D eigenvalue weighted by Gasteiger charge is 2.14. The van der Waals surface area contributed by atoms with E-state index in [0.29, 0.717) is 31.3 Å². The zero-order valence-electron chi connectivity index (χ0n) is 14.7. The van der Waals surface area contributed by atoms with Crippen molar-refractivity contribution in [3.63, 3.8) is 0 Å². The molecule has 1 N–H and O–H groups in total. The van der Waals surface area contributed by atoms with Gasteiger partial charge in [-0.25, -0.2) is 4.98 Å². The number of ether oxygens (including phenoxy) is 1. The second-order valence-electron chi connectivity index (χ2n) is 5.84. The molecule has 0 aliphatic carbocycles. The first-order chi connectivity index (χ1) is 12.1. The van der Waals surface area contributed by atoms with Gasteiger partial charge in [-0.05, 0) is 31.0 Å². The first-order valence-electron chi connectivity index (χ1n) is 8.56. The van der Waals surface area contributed by atoms with Gasteiger partial charge in [0, 0.05) is 44.2 Å². The van der Waals surface area contributed by atoms with Crippen LogP contribution < -0.4 is 5.32 Å². The zero-order valence-corrected chi connectivity index (χ0v) is 16.2. The van der Waals surface area contributed by atoms with Crippen LogP contribution in [0.3, 0.4) is 0 Å². The van der Waals surface area contributed by atoms with Crippen LogP contribution in [0.1, 0.15) is 37.2 Å². The molecular formula is C18H25Cl2N3O2. The lowest BCUT2D eigenvalue weighted by Gasteiger charge is -2.15. The largest absolute Gasteiger partial charge is 0.466 e. The van der Waals surface area contributed by atoms with E-state index in [-0.39, 0.29) is 12.0 Å². The molecule has 0 radical (unpaired) electrons. The van der Waals surface area contributed by atoms with Gasteiger partial charge in [0.05, 0.1) is 17.6 Å². The molecule has 0 bridgehead atoms. The van der Waals surface area contributed by atoms with Crippen molar-refractivity contribution < 1.29 is 9.53 Å². The van der Waals surface area contributed by atoms with Gasteiger partial charge in [-0.15, -0.1) is 23.2 Å². The summed E-state index contributed by atoms with van der Waals surface area (Å²) in [6.07, 6.45) is 1.88. The monoisotopic (exact) mass is 385 g/mol. The lowest BCUT2D eigenvalue weighted by atomic mass is 10.1. The van der Waals surface area contributed by atoms with Gasteiger partial charge < -0.3 is 14.6 Å². The first-order valence-corrected chi connectivity index (χ1v) is 9.63. The van der Waals surface area contributed by atoms with E-state index in [0.717, 1.165) is 35.3 Å². The minimum atomic E-state index is -0.154. The molecule has 1 heterocycles. The Morgan fingerprint density at radius 3 is 2.88 bits per heavy atom. The van der Waals surface area contributed by atoms with E-state index in [1.165, 1.54) is 0 Å². The molecule has 2 aromatic rings. The number of carbonyl (C=O) groups excluding carboxylic acids is 1. The molecule has 0 aliphatic rings. The number of fused-ring (bicyclic) bond motifs is 1. The third kappa shape index (κ3) is 5.33. The number of hydrogen-bond acceptors (Lipinski definition) is 4. The molecule has 0 fully saturated rings. The van der Waals surface area contributed by atoms with E-state index >= 15 is 0 Å². The molecule has 0 amide bonds. The van der Waals surface area contributed by atoms with E-state index in [2.05, 4.69) is 28.1 Å². The average Bonchev–Trinajstić information content (AvgIpc) is 2.91. The maximum atomic E-state index is 11.5. The van der Waals surface area contributed by atoms with Gasteiger partial charge in [-0.3, -0.25) is 4.79 Å². The second kappa shape index (κ2) is 10.00. The van der Waals surface area contributed by atoms with Gasteiger partial charge in [0.2, 0.25) is 0 Å². The van der Waals surface area contributed by atoms with Gasteiger partial charge in [0.15, 0.2) is 0 Å². The van der Waals surface area contributed by atoms with Crippen molar-refractivity contribution in [2.45, 2.75) is 32.2 Å². The Morgan fingerprint density at radius 2 is 2.20 bits per heavy atom. The molecule has 0 spiro atoms. The summed E-state index contributed by atoms with van der Waals surface area (Å²) < 4.78 is 7.04. The molecule has 1 aromatic carbocycles. The van der Waals surface area contributed by atoms with Gasteiger partial charge in [-0.2, -0.15) is 0 Å². The molecule has 0 aliphatic heterocycles. The molecule has 25 heavy (non-hydrogen) atoms. The summed E-state index contributed by atoms with van der Waals surface area (Å²) >= 11 is 11.8. The molecule has 1 unspecified atom stereocenters. The molecule has 7 heteroatoms. The molecule has 2 rings (SSSR count). The number of nitrogens with one attached hydrogen (secondary N) is 1. The van der Waals surface area contributed by atoms with Crippen LogP contribution in [0.15, 0.2) is 18.2 Å². The Bertz CT molecular complexity index is 703. The minimum Gasteiger partial charge on any atom is -0.466 e. The first kappa shape index (κ1) is 20.0. The van der Waals surface area contributed by atoms with Crippen LogP contribution in [-0.2, 0) is 23.0 Å². The fraction of sp³-hybridized carbons (Fsp3) is 0.556. The third-order valence-corrected chi connectivity index (χ3v) is 4.62. The number of hydrogen-bond donors (Lipinski definition) is 1. The minimum absolute atomic E-state index is 0.0547. The Hall–Kier alpha value is -1.30. The Morgan fingerprint density at radius 1 is 1.40 bits per heavy atom. The van der Waals surface area contributed by atoms with Crippen molar-refractivity contribution in [1.82, 2.24) is 14.9 Å². The zero-order chi connectivity index (χ0) is 18.2. The molecule has 1 aromatic heterocycles. The van der Waals surface area contributed by atoms with Crippen molar-refractivity contribution in [3.05, 3.63) is 29.6 Å². The summed E-state index contributed by atoms with van der Waals surface area (Å²) in [5, 5.41) is 3.33. The van der Waals surface area contributed by atoms with Gasteiger partial charge in [-0.1, -0.05) is 6.07 Å². The van der Waals surface area contributed by atoms with Crippen molar-refractivity contribution in [2.75, 3.05) is 24.9 Å². The van der Waals surface area contributed by atoms with Crippen LogP contribution >= 0.6 is 23.2 Å². The van der Waals surface area contributed by atoms with Crippen molar-refractivity contribution in [3.8, 4) is 0 Å². The number of carbonyl (C=O) groups is 1. The number of alkyl halides is 2. The summed E-state index contributed by atoms with van der Waals surface area (Å²) in [4.78, 5) is 16.2. The van der Waals surface area contributed by atoms with Crippen LogP contribution in [0.5, 0.6) is 0 Å². The smallest absolute Gasteiger partial charge is 0.305 e. The summed E-state index contributed by atoms with van der Waals surface area (Å²) in [7, 11) is 2.00. The number of halogens is 2. The number of rotatable bonds is 10.